The zero-order chi connectivity index (χ0) is 20.0. The Labute approximate surface area is 170 Å². The summed E-state index contributed by atoms with van der Waals surface area (Å²) in [6, 6.07) is 0.274. The van der Waals surface area contributed by atoms with Crippen LogP contribution in [0.5, 0.6) is 0 Å². The van der Waals surface area contributed by atoms with Gasteiger partial charge in [-0.05, 0) is 32.6 Å². The highest BCUT2D eigenvalue weighted by molar-refractivity contribution is 5.81. The molecule has 2 fully saturated rings. The Morgan fingerprint density at radius 2 is 1.82 bits per heavy atom. The van der Waals surface area contributed by atoms with E-state index in [0.717, 1.165) is 64.3 Å². The number of rotatable bonds is 12. The average molecular weight is 397 g/mol. The van der Waals surface area contributed by atoms with Crippen LogP contribution in [0, 0.1) is 5.92 Å². The number of nitrogens with zero attached hydrogens (tertiary/aromatic N) is 2. The quantitative estimate of drug-likeness (QED) is 0.300. The van der Waals surface area contributed by atoms with E-state index in [9.17, 15) is 4.79 Å². The number of hydrogen-bond acceptors (Lipinski definition) is 4. The van der Waals surface area contributed by atoms with E-state index < -0.39 is 0 Å². The second kappa shape index (κ2) is 13.8. The van der Waals surface area contributed by atoms with Crippen LogP contribution in [0.3, 0.4) is 0 Å². The molecule has 0 aromatic carbocycles. The van der Waals surface area contributed by atoms with Gasteiger partial charge >= 0.3 is 0 Å². The minimum atomic E-state index is 0.267. The Morgan fingerprint density at radius 1 is 1.07 bits per heavy atom. The van der Waals surface area contributed by atoms with Gasteiger partial charge in [-0.25, -0.2) is 0 Å². The van der Waals surface area contributed by atoms with Crippen LogP contribution in [0.2, 0.25) is 0 Å². The summed E-state index contributed by atoms with van der Waals surface area (Å²) < 4.78 is 11.1. The average Bonchev–Trinajstić information content (AvgIpc) is 3.38. The van der Waals surface area contributed by atoms with Gasteiger partial charge in [-0.1, -0.05) is 26.2 Å². The van der Waals surface area contributed by atoms with Crippen molar-refractivity contribution in [3.05, 3.63) is 0 Å². The first-order valence-electron chi connectivity index (χ1n) is 11.2. The van der Waals surface area contributed by atoms with Gasteiger partial charge in [-0.3, -0.25) is 9.79 Å². The summed E-state index contributed by atoms with van der Waals surface area (Å²) in [4.78, 5) is 19.2. The maximum Gasteiger partial charge on any atom is 0.225 e. The predicted octanol–water partition coefficient (Wildman–Crippen LogP) is 2.17. The molecule has 0 aromatic rings. The Balaban J connectivity index is 1.63. The van der Waals surface area contributed by atoms with Crippen molar-refractivity contribution in [3.63, 3.8) is 0 Å². The van der Waals surface area contributed by atoms with Crippen LogP contribution in [-0.2, 0) is 14.3 Å². The van der Waals surface area contributed by atoms with Gasteiger partial charge in [0.25, 0.3) is 0 Å². The summed E-state index contributed by atoms with van der Waals surface area (Å²) in [6.45, 7) is 9.95. The first-order valence-corrected chi connectivity index (χ1v) is 11.2. The number of hydrogen-bond donors (Lipinski definition) is 2. The standard InChI is InChI=1S/C21H40N4O3/c1-3-5-13-27-15-16-28-14-11-23-21(22-4-2)24-19-10-12-25(17-19)20(26)18-8-6-7-9-18/h18-19H,3-17H2,1-2H3,(H2,22,23,24). The lowest BCUT2D eigenvalue weighted by atomic mass is 10.1. The predicted molar refractivity (Wildman–Crippen MR) is 113 cm³/mol. The second-order valence-corrected chi connectivity index (χ2v) is 7.73. The Morgan fingerprint density at radius 3 is 2.54 bits per heavy atom. The van der Waals surface area contributed by atoms with E-state index in [0.29, 0.717) is 32.3 Å². The minimum absolute atomic E-state index is 0.267. The summed E-state index contributed by atoms with van der Waals surface area (Å²) in [5, 5.41) is 6.77. The number of unbranched alkanes of at least 4 members (excludes halogenated alkanes) is 1. The van der Waals surface area contributed by atoms with Crippen molar-refractivity contribution < 1.29 is 14.3 Å². The maximum absolute atomic E-state index is 12.6. The first-order chi connectivity index (χ1) is 13.7. The smallest absolute Gasteiger partial charge is 0.225 e. The molecular formula is C21H40N4O3. The zero-order valence-corrected chi connectivity index (χ0v) is 17.9. The van der Waals surface area contributed by atoms with E-state index >= 15 is 0 Å². The van der Waals surface area contributed by atoms with Gasteiger partial charge in [0.05, 0.1) is 26.4 Å². The molecular weight excluding hydrogens is 356 g/mol. The molecule has 0 bridgehead atoms. The van der Waals surface area contributed by atoms with Crippen molar-refractivity contribution in [2.75, 3.05) is 52.6 Å². The van der Waals surface area contributed by atoms with Gasteiger partial charge in [-0.15, -0.1) is 0 Å². The van der Waals surface area contributed by atoms with E-state index in [1.807, 2.05) is 4.90 Å². The Bertz CT molecular complexity index is 467. The molecule has 0 aromatic heterocycles. The number of carbonyl (C=O) groups is 1. The topological polar surface area (TPSA) is 75.2 Å². The fourth-order valence-electron chi connectivity index (χ4n) is 3.81. The number of ether oxygens (including phenoxy) is 2. The molecule has 2 aliphatic rings. The summed E-state index contributed by atoms with van der Waals surface area (Å²) in [5.74, 6) is 1.44. The molecule has 7 nitrogen and oxygen atoms in total. The van der Waals surface area contributed by atoms with Gasteiger partial charge in [0.1, 0.15) is 0 Å². The second-order valence-electron chi connectivity index (χ2n) is 7.73. The van der Waals surface area contributed by atoms with Crippen LogP contribution in [-0.4, -0.2) is 75.4 Å². The van der Waals surface area contributed by atoms with Crippen molar-refractivity contribution in [2.24, 2.45) is 10.9 Å². The fourth-order valence-corrected chi connectivity index (χ4v) is 3.81. The number of amides is 1. The SMILES string of the molecule is CCCCOCCOCCN=C(NCC)NC1CCN(C(=O)C2CCCC2)C1. The number of likely N-dealkylation sites (tertiary alicyclic amines) is 1. The first kappa shape index (κ1) is 22.9. The lowest BCUT2D eigenvalue weighted by Crippen LogP contribution is -2.45. The highest BCUT2D eigenvalue weighted by Gasteiger charge is 2.32. The molecule has 1 amide bonds. The van der Waals surface area contributed by atoms with E-state index in [2.05, 4.69) is 29.5 Å². The molecule has 28 heavy (non-hydrogen) atoms. The van der Waals surface area contributed by atoms with Crippen LogP contribution in [0.1, 0.15) is 58.8 Å². The molecule has 0 radical (unpaired) electrons. The van der Waals surface area contributed by atoms with E-state index in [1.54, 1.807) is 0 Å². The van der Waals surface area contributed by atoms with Crippen molar-refractivity contribution >= 4 is 11.9 Å². The number of guanidine groups is 1. The van der Waals surface area contributed by atoms with Crippen LogP contribution in [0.25, 0.3) is 0 Å². The lowest BCUT2D eigenvalue weighted by Gasteiger charge is -2.21. The van der Waals surface area contributed by atoms with E-state index in [4.69, 9.17) is 9.47 Å². The molecule has 1 heterocycles. The third kappa shape index (κ3) is 8.35. The largest absolute Gasteiger partial charge is 0.379 e. The Hall–Kier alpha value is -1.34. The molecule has 1 atom stereocenters. The third-order valence-electron chi connectivity index (χ3n) is 5.41. The highest BCUT2D eigenvalue weighted by Crippen LogP contribution is 2.27. The third-order valence-corrected chi connectivity index (χ3v) is 5.41. The molecule has 0 spiro atoms. The van der Waals surface area contributed by atoms with Gasteiger partial charge in [0.15, 0.2) is 5.96 Å². The summed E-state index contributed by atoms with van der Waals surface area (Å²) in [5.41, 5.74) is 0. The molecule has 2 rings (SSSR count). The minimum Gasteiger partial charge on any atom is -0.379 e. The van der Waals surface area contributed by atoms with Crippen LogP contribution in [0.15, 0.2) is 4.99 Å². The van der Waals surface area contributed by atoms with Gasteiger partial charge in [0.2, 0.25) is 5.91 Å². The van der Waals surface area contributed by atoms with Crippen molar-refractivity contribution in [2.45, 2.75) is 64.8 Å². The number of carbonyl (C=O) groups excluding carboxylic acids is 1. The summed E-state index contributed by atoms with van der Waals surface area (Å²) in [7, 11) is 0. The fraction of sp³-hybridized carbons (Fsp3) is 0.905. The van der Waals surface area contributed by atoms with Crippen LogP contribution < -0.4 is 10.6 Å². The molecule has 1 aliphatic heterocycles. The van der Waals surface area contributed by atoms with E-state index in [1.165, 1.54) is 12.8 Å². The number of nitrogens with one attached hydrogen (secondary N) is 2. The van der Waals surface area contributed by atoms with Crippen molar-refractivity contribution in [1.29, 1.82) is 0 Å². The van der Waals surface area contributed by atoms with Gasteiger partial charge < -0.3 is 25.0 Å². The molecule has 1 saturated heterocycles. The molecule has 1 unspecified atom stereocenters. The van der Waals surface area contributed by atoms with Gasteiger partial charge in [0, 0.05) is 38.2 Å². The summed E-state index contributed by atoms with van der Waals surface area (Å²) >= 11 is 0. The summed E-state index contributed by atoms with van der Waals surface area (Å²) in [6.07, 6.45) is 7.79. The van der Waals surface area contributed by atoms with Crippen LogP contribution in [0.4, 0.5) is 0 Å². The van der Waals surface area contributed by atoms with Crippen molar-refractivity contribution in [1.82, 2.24) is 15.5 Å². The van der Waals surface area contributed by atoms with Gasteiger partial charge in [-0.2, -0.15) is 0 Å². The van der Waals surface area contributed by atoms with Crippen molar-refractivity contribution in [3.8, 4) is 0 Å². The molecule has 2 N–H and O–H groups in total. The molecule has 162 valence electrons. The number of aliphatic imine (C=N–C) groups is 1. The monoisotopic (exact) mass is 396 g/mol. The lowest BCUT2D eigenvalue weighted by molar-refractivity contribution is -0.134. The molecule has 1 saturated carbocycles. The van der Waals surface area contributed by atoms with E-state index in [-0.39, 0.29) is 12.0 Å². The maximum atomic E-state index is 12.6. The normalized spacial score (nSPS) is 20.7. The van der Waals surface area contributed by atoms with Crippen LogP contribution >= 0.6 is 0 Å². The molecule has 1 aliphatic carbocycles. The zero-order valence-electron chi connectivity index (χ0n) is 17.9. The Kier molecular flexibility index (Phi) is 11.3. The molecule has 7 heteroatoms. The highest BCUT2D eigenvalue weighted by atomic mass is 16.5.